The maximum Gasteiger partial charge on any atom is 0.306 e. The van der Waals surface area contributed by atoms with E-state index in [1.165, 1.54) is 96.3 Å². The van der Waals surface area contributed by atoms with Crippen LogP contribution in [-0.4, -0.2) is 46.9 Å². The fourth-order valence-corrected chi connectivity index (χ4v) is 6.19. The summed E-state index contributed by atoms with van der Waals surface area (Å²) < 4.78 is 5.75. The molecule has 0 aliphatic carbocycles. The zero-order valence-corrected chi connectivity index (χ0v) is 35.5. The molecule has 0 saturated heterocycles. The number of esters is 1. The summed E-state index contributed by atoms with van der Waals surface area (Å²) in [4.78, 5) is 25.8. The molecule has 0 aliphatic heterocycles. The van der Waals surface area contributed by atoms with Gasteiger partial charge < -0.3 is 20.3 Å². The summed E-state index contributed by atoms with van der Waals surface area (Å²) in [7, 11) is 0. The van der Waals surface area contributed by atoms with Crippen molar-refractivity contribution in [2.24, 2.45) is 0 Å². The van der Waals surface area contributed by atoms with E-state index in [4.69, 9.17) is 4.74 Å². The van der Waals surface area contributed by atoms with Crippen LogP contribution in [0.3, 0.4) is 0 Å². The second kappa shape index (κ2) is 42.2. The monoisotopic (exact) mass is 766 g/mol. The molecule has 6 heteroatoms. The third-order valence-electron chi connectivity index (χ3n) is 9.58. The number of rotatable bonds is 38. The van der Waals surface area contributed by atoms with Gasteiger partial charge in [-0.2, -0.15) is 0 Å². The Hall–Kier alpha value is -2.96. The Labute approximate surface area is 338 Å². The lowest BCUT2D eigenvalue weighted by Crippen LogP contribution is -2.46. The van der Waals surface area contributed by atoms with Crippen LogP contribution in [-0.2, 0) is 14.3 Å². The number of nitrogens with one attached hydrogen (secondary N) is 1. The fraction of sp³-hybridized carbons (Fsp3) is 0.673. The lowest BCUT2D eigenvalue weighted by atomic mass is 10.0. The maximum absolute atomic E-state index is 13.1. The van der Waals surface area contributed by atoms with Gasteiger partial charge in [-0.15, -0.1) is 0 Å². The molecule has 314 valence electrons. The van der Waals surface area contributed by atoms with E-state index in [2.05, 4.69) is 44.3 Å². The number of aliphatic hydroxyl groups excluding tert-OH is 2. The number of amides is 1. The van der Waals surface area contributed by atoms with Gasteiger partial charge in [-0.3, -0.25) is 9.59 Å². The minimum absolute atomic E-state index is 0.0617. The van der Waals surface area contributed by atoms with Gasteiger partial charge in [0.25, 0.3) is 0 Å². The van der Waals surface area contributed by atoms with Crippen molar-refractivity contribution < 1.29 is 24.5 Å². The van der Waals surface area contributed by atoms with Crippen molar-refractivity contribution in [3.63, 3.8) is 0 Å². The van der Waals surface area contributed by atoms with Gasteiger partial charge in [0.2, 0.25) is 5.91 Å². The molecule has 0 aromatic rings. The van der Waals surface area contributed by atoms with Crippen LogP contribution in [0.15, 0.2) is 85.1 Å². The molecule has 55 heavy (non-hydrogen) atoms. The van der Waals surface area contributed by atoms with Crippen molar-refractivity contribution >= 4 is 11.9 Å². The number of hydrogen-bond donors (Lipinski definition) is 3. The van der Waals surface area contributed by atoms with Crippen molar-refractivity contribution in [2.75, 3.05) is 6.61 Å². The molecule has 3 unspecified atom stereocenters. The summed E-state index contributed by atoms with van der Waals surface area (Å²) in [5.74, 6) is -0.701. The predicted octanol–water partition coefficient (Wildman–Crippen LogP) is 12.8. The first-order valence-electron chi connectivity index (χ1n) is 22.4. The van der Waals surface area contributed by atoms with Gasteiger partial charge in [-0.05, 0) is 51.0 Å². The SMILES string of the molecule is CC/C=C/C=C/C=C\C=C/C=C/CCCC(=O)OC(/C=C/C/C=C\CCCCCCCC)CC(=O)NC(CO)C(O)CCCCCCCCCCCCCC. The molecule has 0 heterocycles. The van der Waals surface area contributed by atoms with Gasteiger partial charge in [0.15, 0.2) is 0 Å². The van der Waals surface area contributed by atoms with Crippen LogP contribution in [0.4, 0.5) is 0 Å². The Morgan fingerprint density at radius 1 is 0.582 bits per heavy atom. The largest absolute Gasteiger partial charge is 0.458 e. The third-order valence-corrected chi connectivity index (χ3v) is 9.58. The smallest absolute Gasteiger partial charge is 0.306 e. The molecule has 0 bridgehead atoms. The molecule has 0 spiro atoms. The summed E-state index contributed by atoms with van der Waals surface area (Å²) in [6.07, 6.45) is 53.9. The Bertz CT molecular complexity index is 1080. The zero-order valence-electron chi connectivity index (χ0n) is 35.5. The van der Waals surface area contributed by atoms with Crippen LogP contribution in [0, 0.1) is 0 Å². The number of carbonyl (C=O) groups is 2. The van der Waals surface area contributed by atoms with Crippen LogP contribution in [0.2, 0.25) is 0 Å². The summed E-state index contributed by atoms with van der Waals surface area (Å²) in [5.41, 5.74) is 0. The van der Waals surface area contributed by atoms with E-state index in [9.17, 15) is 19.8 Å². The Balaban J connectivity index is 4.81. The number of unbranched alkanes of at least 4 members (excludes halogenated alkanes) is 18. The standard InChI is InChI=1S/C49H83NO5/c1-4-7-10-13-16-19-22-24-27-30-33-36-39-42-49(54)55-45(40-37-34-31-28-25-21-18-15-12-9-6-3)43-48(53)50-46(44-51)47(52)41-38-35-32-29-26-23-20-17-14-11-8-5-2/h7,10,13,16,19,22,24,27-28,30-31,33,37,40,45-47,51-52H,4-6,8-9,11-12,14-15,17-18,20-21,23,25-26,29,32,34-36,38-39,41-44H2,1-3H3,(H,50,53)/b10-7+,16-13+,22-19-,27-24-,31-28-,33-30+,40-37+. The highest BCUT2D eigenvalue weighted by Gasteiger charge is 2.23. The number of carbonyl (C=O) groups excluding carboxylic acids is 2. The first kappa shape index (κ1) is 52.0. The lowest BCUT2D eigenvalue weighted by molar-refractivity contribution is -0.148. The van der Waals surface area contributed by atoms with E-state index in [0.717, 1.165) is 38.5 Å². The Morgan fingerprint density at radius 2 is 1.09 bits per heavy atom. The third kappa shape index (κ3) is 37.7. The number of hydrogen-bond acceptors (Lipinski definition) is 5. The minimum atomic E-state index is -0.825. The van der Waals surface area contributed by atoms with E-state index in [0.29, 0.717) is 19.3 Å². The van der Waals surface area contributed by atoms with Crippen LogP contribution in [0.5, 0.6) is 0 Å². The normalized spacial score (nSPS) is 14.2. The molecule has 0 aromatic carbocycles. The van der Waals surface area contributed by atoms with E-state index < -0.39 is 18.2 Å². The number of allylic oxidation sites excluding steroid dienone is 13. The molecule has 0 fully saturated rings. The minimum Gasteiger partial charge on any atom is -0.458 e. The van der Waals surface area contributed by atoms with Gasteiger partial charge in [-0.1, -0.05) is 209 Å². The molecule has 0 aromatic heterocycles. The highest BCUT2D eigenvalue weighted by molar-refractivity contribution is 5.78. The van der Waals surface area contributed by atoms with Crippen LogP contribution < -0.4 is 5.32 Å². The molecule has 0 rings (SSSR count). The van der Waals surface area contributed by atoms with E-state index in [1.807, 2.05) is 60.8 Å². The molecule has 6 nitrogen and oxygen atoms in total. The first-order chi connectivity index (χ1) is 27.0. The summed E-state index contributed by atoms with van der Waals surface area (Å²) in [6.45, 7) is 6.25. The molecular weight excluding hydrogens is 683 g/mol. The predicted molar refractivity (Wildman–Crippen MR) is 236 cm³/mol. The second-order valence-electron chi connectivity index (χ2n) is 14.8. The van der Waals surface area contributed by atoms with Crippen molar-refractivity contribution in [3.8, 4) is 0 Å². The van der Waals surface area contributed by atoms with Gasteiger partial charge in [-0.25, -0.2) is 0 Å². The lowest BCUT2D eigenvalue weighted by Gasteiger charge is -2.23. The van der Waals surface area contributed by atoms with Crippen LogP contribution in [0.1, 0.15) is 188 Å². The first-order valence-corrected chi connectivity index (χ1v) is 22.4. The highest BCUT2D eigenvalue weighted by atomic mass is 16.5. The van der Waals surface area contributed by atoms with Gasteiger partial charge in [0.1, 0.15) is 6.10 Å². The van der Waals surface area contributed by atoms with E-state index in [1.54, 1.807) is 6.08 Å². The van der Waals surface area contributed by atoms with E-state index in [-0.39, 0.29) is 31.3 Å². The molecular formula is C49H83NO5. The average Bonchev–Trinajstić information content (AvgIpc) is 3.18. The molecule has 3 N–H and O–H groups in total. The van der Waals surface area contributed by atoms with E-state index >= 15 is 0 Å². The van der Waals surface area contributed by atoms with Crippen molar-refractivity contribution in [3.05, 3.63) is 85.1 Å². The van der Waals surface area contributed by atoms with Crippen molar-refractivity contribution in [1.29, 1.82) is 0 Å². The van der Waals surface area contributed by atoms with Crippen molar-refractivity contribution in [1.82, 2.24) is 5.32 Å². The highest BCUT2D eigenvalue weighted by Crippen LogP contribution is 2.15. The van der Waals surface area contributed by atoms with Crippen LogP contribution in [0.25, 0.3) is 0 Å². The van der Waals surface area contributed by atoms with Gasteiger partial charge in [0.05, 0.1) is 25.2 Å². The molecule has 1 amide bonds. The summed E-state index contributed by atoms with van der Waals surface area (Å²) in [5, 5.41) is 23.5. The number of ether oxygens (including phenoxy) is 1. The topological polar surface area (TPSA) is 95.9 Å². The Kier molecular flexibility index (Phi) is 39.9. The summed E-state index contributed by atoms with van der Waals surface area (Å²) >= 11 is 0. The Morgan fingerprint density at radius 3 is 1.65 bits per heavy atom. The zero-order chi connectivity index (χ0) is 40.3. The van der Waals surface area contributed by atoms with Crippen molar-refractivity contribution in [2.45, 2.75) is 206 Å². The van der Waals surface area contributed by atoms with Crippen LogP contribution >= 0.6 is 0 Å². The average molecular weight is 766 g/mol. The molecule has 0 aliphatic rings. The second-order valence-corrected chi connectivity index (χ2v) is 14.8. The van der Waals surface area contributed by atoms with Gasteiger partial charge in [0, 0.05) is 6.42 Å². The summed E-state index contributed by atoms with van der Waals surface area (Å²) in [6, 6.07) is -0.749. The maximum atomic E-state index is 13.1. The number of aliphatic hydroxyl groups is 2. The molecule has 0 saturated carbocycles. The fourth-order valence-electron chi connectivity index (χ4n) is 6.19. The quantitative estimate of drug-likeness (QED) is 0.0252. The molecule has 0 radical (unpaired) electrons. The molecule has 3 atom stereocenters. The van der Waals surface area contributed by atoms with Gasteiger partial charge >= 0.3 is 5.97 Å².